The molecule has 1 aliphatic heterocycles. The average molecular weight is 121 g/mol. The molecule has 0 saturated carbocycles. The molecule has 0 spiro atoms. The van der Waals surface area contributed by atoms with Gasteiger partial charge in [0.05, 0.1) is 5.70 Å². The fourth-order valence-electron chi connectivity index (χ4n) is 0.995. The van der Waals surface area contributed by atoms with Crippen molar-refractivity contribution in [3.05, 3.63) is 23.9 Å². The minimum atomic E-state index is 0.287. The van der Waals surface area contributed by atoms with Crippen molar-refractivity contribution in [2.75, 3.05) is 0 Å². The predicted octanol–water partition coefficient (Wildman–Crippen LogP) is 1.17. The topological polar surface area (TPSA) is 36.8 Å². The third-order valence-corrected chi connectivity index (χ3v) is 1.51. The van der Waals surface area contributed by atoms with Crippen LogP contribution in [0.4, 0.5) is 0 Å². The van der Waals surface area contributed by atoms with E-state index in [-0.39, 0.29) is 6.04 Å². The zero-order chi connectivity index (χ0) is 6.10. The van der Waals surface area contributed by atoms with Gasteiger partial charge >= 0.3 is 0 Å². The minimum absolute atomic E-state index is 0.287. The summed E-state index contributed by atoms with van der Waals surface area (Å²) >= 11 is 0. The van der Waals surface area contributed by atoms with E-state index in [1.165, 1.54) is 0 Å². The van der Waals surface area contributed by atoms with Crippen molar-refractivity contribution < 1.29 is 0 Å². The highest BCUT2D eigenvalue weighted by atomic mass is 15.5. The van der Waals surface area contributed by atoms with E-state index in [4.69, 9.17) is 0 Å². The Morgan fingerprint density at radius 2 is 2.67 bits per heavy atom. The summed E-state index contributed by atoms with van der Waals surface area (Å²) in [6.45, 7) is 0. The minimum Gasteiger partial charge on any atom is -0.262 e. The highest BCUT2D eigenvalue weighted by Crippen LogP contribution is 2.18. The van der Waals surface area contributed by atoms with Crippen molar-refractivity contribution in [1.82, 2.24) is 5.43 Å². The van der Waals surface area contributed by atoms with Crippen LogP contribution in [0, 0.1) is 0 Å². The van der Waals surface area contributed by atoms with Crippen LogP contribution in [-0.2, 0) is 0 Å². The number of fused-ring (bicyclic) bond motifs is 1. The lowest BCUT2D eigenvalue weighted by atomic mass is 10.1. The van der Waals surface area contributed by atoms with Crippen LogP contribution in [0.5, 0.6) is 0 Å². The monoisotopic (exact) mass is 121 g/mol. The molecule has 1 aliphatic carbocycles. The molecular formula is C6H7N3. The van der Waals surface area contributed by atoms with Gasteiger partial charge in [0.2, 0.25) is 0 Å². The predicted molar refractivity (Wildman–Crippen MR) is 33.6 cm³/mol. The van der Waals surface area contributed by atoms with E-state index in [0.717, 1.165) is 12.1 Å². The second-order valence-electron chi connectivity index (χ2n) is 2.13. The Labute approximate surface area is 53.1 Å². The van der Waals surface area contributed by atoms with Crippen LogP contribution in [0.25, 0.3) is 0 Å². The smallest absolute Gasteiger partial charge is 0.118 e. The molecule has 1 N–H and O–H groups in total. The summed E-state index contributed by atoms with van der Waals surface area (Å²) in [6, 6.07) is 0.287. The van der Waals surface area contributed by atoms with Crippen molar-refractivity contribution in [2.24, 2.45) is 10.3 Å². The third-order valence-electron chi connectivity index (χ3n) is 1.51. The van der Waals surface area contributed by atoms with E-state index in [9.17, 15) is 0 Å². The molecule has 0 amide bonds. The Kier molecular flexibility index (Phi) is 0.886. The van der Waals surface area contributed by atoms with Gasteiger partial charge in [-0.3, -0.25) is 5.43 Å². The zero-order valence-corrected chi connectivity index (χ0v) is 4.91. The largest absolute Gasteiger partial charge is 0.262 e. The molecule has 0 aromatic carbocycles. The molecule has 1 unspecified atom stereocenters. The number of nitrogens with zero attached hydrogens (tertiary/aromatic N) is 2. The molecule has 2 rings (SSSR count). The van der Waals surface area contributed by atoms with Gasteiger partial charge in [-0.1, -0.05) is 17.4 Å². The van der Waals surface area contributed by atoms with Crippen LogP contribution < -0.4 is 5.43 Å². The fourth-order valence-corrected chi connectivity index (χ4v) is 0.995. The van der Waals surface area contributed by atoms with Crippen molar-refractivity contribution in [1.29, 1.82) is 0 Å². The lowest BCUT2D eigenvalue weighted by Crippen LogP contribution is -2.12. The third kappa shape index (κ3) is 0.650. The first-order chi connectivity index (χ1) is 4.47. The van der Waals surface area contributed by atoms with Gasteiger partial charge in [0, 0.05) is 0 Å². The highest BCUT2D eigenvalue weighted by molar-refractivity contribution is 5.23. The summed E-state index contributed by atoms with van der Waals surface area (Å²) in [5.41, 5.74) is 3.95. The second-order valence-corrected chi connectivity index (χ2v) is 2.13. The SMILES string of the molecule is C1=CCC2N=NNC2=C1. The maximum absolute atomic E-state index is 3.95. The van der Waals surface area contributed by atoms with Crippen LogP contribution in [-0.4, -0.2) is 6.04 Å². The molecular weight excluding hydrogens is 114 g/mol. The lowest BCUT2D eigenvalue weighted by Gasteiger charge is -2.06. The van der Waals surface area contributed by atoms with Crippen molar-refractivity contribution in [2.45, 2.75) is 12.5 Å². The molecule has 3 nitrogen and oxygen atoms in total. The van der Waals surface area contributed by atoms with E-state index >= 15 is 0 Å². The Bertz CT molecular complexity index is 202. The van der Waals surface area contributed by atoms with Gasteiger partial charge in [-0.15, -0.1) is 0 Å². The van der Waals surface area contributed by atoms with E-state index < -0.39 is 0 Å². The number of nitrogens with one attached hydrogen (secondary N) is 1. The van der Waals surface area contributed by atoms with E-state index in [1.54, 1.807) is 0 Å². The van der Waals surface area contributed by atoms with Crippen molar-refractivity contribution in [3.63, 3.8) is 0 Å². The Balaban J connectivity index is 2.29. The number of hydrogen-bond acceptors (Lipinski definition) is 3. The first-order valence-corrected chi connectivity index (χ1v) is 2.99. The molecule has 1 heterocycles. The van der Waals surface area contributed by atoms with Crippen LogP contribution >= 0.6 is 0 Å². The van der Waals surface area contributed by atoms with Crippen LogP contribution in [0.2, 0.25) is 0 Å². The summed E-state index contributed by atoms with van der Waals surface area (Å²) in [5, 5.41) is 7.65. The Morgan fingerprint density at radius 3 is 3.56 bits per heavy atom. The van der Waals surface area contributed by atoms with Gasteiger partial charge in [-0.2, -0.15) is 5.11 Å². The van der Waals surface area contributed by atoms with Crippen molar-refractivity contribution in [3.8, 4) is 0 Å². The molecule has 0 aromatic heterocycles. The van der Waals surface area contributed by atoms with Gasteiger partial charge < -0.3 is 0 Å². The molecule has 0 radical (unpaired) electrons. The quantitative estimate of drug-likeness (QED) is 0.513. The maximum atomic E-state index is 3.95. The van der Waals surface area contributed by atoms with Gasteiger partial charge in [-0.25, -0.2) is 0 Å². The van der Waals surface area contributed by atoms with Gasteiger partial charge in [0.15, 0.2) is 0 Å². The summed E-state index contributed by atoms with van der Waals surface area (Å²) in [6.07, 6.45) is 7.12. The second kappa shape index (κ2) is 1.69. The molecule has 0 aromatic rings. The van der Waals surface area contributed by atoms with E-state index in [1.807, 2.05) is 12.2 Å². The van der Waals surface area contributed by atoms with Crippen LogP contribution in [0.1, 0.15) is 6.42 Å². The van der Waals surface area contributed by atoms with E-state index in [2.05, 4.69) is 21.8 Å². The number of allylic oxidation sites excluding steroid dienone is 2. The van der Waals surface area contributed by atoms with Gasteiger partial charge in [0.1, 0.15) is 6.04 Å². The average Bonchev–Trinajstić information content (AvgIpc) is 2.33. The first kappa shape index (κ1) is 4.73. The summed E-state index contributed by atoms with van der Waals surface area (Å²) in [7, 11) is 0. The van der Waals surface area contributed by atoms with Crippen LogP contribution in [0.15, 0.2) is 34.3 Å². The number of rotatable bonds is 0. The van der Waals surface area contributed by atoms with Gasteiger partial charge in [-0.05, 0) is 12.5 Å². The first-order valence-electron chi connectivity index (χ1n) is 2.99. The standard InChI is InChI=1S/C6H7N3/c1-2-4-6-5(3-1)7-9-8-6/h1-3,6H,4H2,(H,7,8). The molecule has 2 aliphatic rings. The number of hydrogen-bond donors (Lipinski definition) is 1. The molecule has 0 fully saturated rings. The summed E-state index contributed by atoms with van der Waals surface area (Å²) in [5.74, 6) is 0. The molecule has 9 heavy (non-hydrogen) atoms. The maximum Gasteiger partial charge on any atom is 0.118 e. The Hall–Kier alpha value is -1.12. The lowest BCUT2D eigenvalue weighted by molar-refractivity contribution is 0.784. The highest BCUT2D eigenvalue weighted by Gasteiger charge is 2.17. The van der Waals surface area contributed by atoms with Crippen molar-refractivity contribution >= 4 is 0 Å². The molecule has 46 valence electrons. The van der Waals surface area contributed by atoms with Crippen LogP contribution in [0.3, 0.4) is 0 Å². The fraction of sp³-hybridized carbons (Fsp3) is 0.333. The Morgan fingerprint density at radius 1 is 1.67 bits per heavy atom. The summed E-state index contributed by atoms with van der Waals surface area (Å²) < 4.78 is 0. The van der Waals surface area contributed by atoms with E-state index in [0.29, 0.717) is 0 Å². The summed E-state index contributed by atoms with van der Waals surface area (Å²) in [4.78, 5) is 0. The molecule has 3 heteroatoms. The zero-order valence-electron chi connectivity index (χ0n) is 4.91. The molecule has 0 saturated heterocycles. The molecule has 0 bridgehead atoms. The normalized spacial score (nSPS) is 29.3. The molecule has 1 atom stereocenters. The van der Waals surface area contributed by atoms with Gasteiger partial charge in [0.25, 0.3) is 0 Å².